The van der Waals surface area contributed by atoms with Crippen LogP contribution < -0.4 is 4.74 Å². The van der Waals surface area contributed by atoms with Crippen LogP contribution in [-0.2, 0) is 20.8 Å². The molecule has 10 heteroatoms. The van der Waals surface area contributed by atoms with Crippen molar-refractivity contribution in [3.8, 4) is 5.75 Å². The number of hydrogen-bond acceptors (Lipinski definition) is 8. The number of rotatable bonds is 7. The number of oxime groups is 1. The molecule has 1 atom stereocenters. The Labute approximate surface area is 164 Å². The Kier molecular flexibility index (Phi) is 5.92. The molecule has 3 rings (SSSR count). The zero-order valence-corrected chi connectivity index (χ0v) is 16.5. The summed E-state index contributed by atoms with van der Waals surface area (Å²) in [5.41, 5.74) is 0.827. The van der Waals surface area contributed by atoms with Crippen LogP contribution in [0.3, 0.4) is 0 Å². The van der Waals surface area contributed by atoms with E-state index in [0.717, 1.165) is 17.0 Å². The maximum absolute atomic E-state index is 11.8. The second-order valence-electron chi connectivity index (χ2n) is 5.55. The lowest BCUT2D eigenvalue weighted by Crippen LogP contribution is -2.08. The second kappa shape index (κ2) is 8.36. The van der Waals surface area contributed by atoms with Gasteiger partial charge in [-0.25, -0.2) is 4.52 Å². The summed E-state index contributed by atoms with van der Waals surface area (Å²) in [6.07, 6.45) is 0.725. The van der Waals surface area contributed by atoms with E-state index in [1.807, 2.05) is 13.8 Å². The summed E-state index contributed by atoms with van der Waals surface area (Å²) in [6.45, 7) is 3.75. The van der Waals surface area contributed by atoms with E-state index in [0.29, 0.717) is 21.6 Å². The largest absolute Gasteiger partial charge is 0.483 e. The molecule has 0 fully saturated rings. The molecule has 8 nitrogen and oxygen atoms in total. The lowest BCUT2D eigenvalue weighted by atomic mass is 10.3. The summed E-state index contributed by atoms with van der Waals surface area (Å²) < 4.78 is 12.4. The molecule has 0 aliphatic heterocycles. The quantitative estimate of drug-likeness (QED) is 0.257. The Morgan fingerprint density at radius 1 is 1.41 bits per heavy atom. The van der Waals surface area contributed by atoms with E-state index in [1.54, 1.807) is 28.8 Å². The van der Waals surface area contributed by atoms with Gasteiger partial charge < -0.3 is 14.3 Å². The highest BCUT2D eigenvalue weighted by Gasteiger charge is 2.19. The SMILES string of the molecule is CON=COC(=O)Cc1sc2nc(C(C)Oc3ccc(Cl)cc3)nn2c1C. The van der Waals surface area contributed by atoms with Gasteiger partial charge >= 0.3 is 5.97 Å². The van der Waals surface area contributed by atoms with Gasteiger partial charge in [0.2, 0.25) is 11.4 Å². The summed E-state index contributed by atoms with van der Waals surface area (Å²) >= 11 is 7.26. The number of ether oxygens (including phenoxy) is 2. The summed E-state index contributed by atoms with van der Waals surface area (Å²) in [4.78, 5) is 22.2. The number of benzene rings is 1. The van der Waals surface area contributed by atoms with Gasteiger partial charge in [0.15, 0.2) is 11.9 Å². The van der Waals surface area contributed by atoms with Gasteiger partial charge in [-0.1, -0.05) is 28.1 Å². The fraction of sp³-hybridized carbons (Fsp3) is 0.294. The summed E-state index contributed by atoms with van der Waals surface area (Å²) in [6, 6.07) is 7.10. The Morgan fingerprint density at radius 3 is 2.81 bits per heavy atom. The molecular weight excluding hydrogens is 392 g/mol. The molecular formula is C17H17ClN4O4S. The first-order valence-corrected chi connectivity index (χ1v) is 9.19. The van der Waals surface area contributed by atoms with Crippen molar-refractivity contribution in [2.45, 2.75) is 26.4 Å². The second-order valence-corrected chi connectivity index (χ2v) is 7.05. The molecule has 0 N–H and O–H groups in total. The van der Waals surface area contributed by atoms with Crippen LogP contribution in [0, 0.1) is 6.92 Å². The maximum atomic E-state index is 11.8. The summed E-state index contributed by atoms with van der Waals surface area (Å²) in [5.74, 6) is 0.798. The number of esters is 1. The molecule has 3 aromatic rings. The van der Waals surface area contributed by atoms with Crippen LogP contribution in [0.1, 0.15) is 29.4 Å². The molecule has 0 radical (unpaired) electrons. The lowest BCUT2D eigenvalue weighted by molar-refractivity contribution is -0.134. The van der Waals surface area contributed by atoms with E-state index in [2.05, 4.69) is 20.1 Å². The Hall–Kier alpha value is -2.65. The fourth-order valence-corrected chi connectivity index (χ4v) is 3.48. The molecule has 0 amide bonds. The zero-order valence-electron chi connectivity index (χ0n) is 14.9. The minimum atomic E-state index is -0.442. The number of hydrogen-bond donors (Lipinski definition) is 0. The molecule has 0 saturated carbocycles. The molecule has 0 aliphatic carbocycles. The van der Waals surface area contributed by atoms with E-state index in [9.17, 15) is 4.79 Å². The van der Waals surface area contributed by atoms with Crippen molar-refractivity contribution in [2.24, 2.45) is 5.16 Å². The van der Waals surface area contributed by atoms with Crippen LogP contribution in [-0.4, -0.2) is 34.1 Å². The van der Waals surface area contributed by atoms with Gasteiger partial charge in [0.25, 0.3) is 0 Å². The maximum Gasteiger partial charge on any atom is 0.317 e. The average molecular weight is 409 g/mol. The molecule has 0 bridgehead atoms. The molecule has 2 aromatic heterocycles. The van der Waals surface area contributed by atoms with Crippen molar-refractivity contribution in [3.63, 3.8) is 0 Å². The first-order chi connectivity index (χ1) is 13.0. The van der Waals surface area contributed by atoms with Gasteiger partial charge in [0.05, 0.1) is 12.1 Å². The van der Waals surface area contributed by atoms with Gasteiger partial charge in [-0.2, -0.15) is 4.98 Å². The number of carbonyl (C=O) groups is 1. The lowest BCUT2D eigenvalue weighted by Gasteiger charge is -2.11. The molecule has 0 aliphatic rings. The molecule has 1 unspecified atom stereocenters. The van der Waals surface area contributed by atoms with Crippen molar-refractivity contribution < 1.29 is 19.1 Å². The van der Waals surface area contributed by atoms with Gasteiger partial charge in [-0.05, 0) is 38.1 Å². The molecule has 0 spiro atoms. The number of fused-ring (bicyclic) bond motifs is 1. The van der Waals surface area contributed by atoms with Crippen molar-refractivity contribution in [1.82, 2.24) is 14.6 Å². The zero-order chi connectivity index (χ0) is 19.4. The van der Waals surface area contributed by atoms with E-state index in [-0.39, 0.29) is 12.5 Å². The van der Waals surface area contributed by atoms with Crippen molar-refractivity contribution in [3.05, 3.63) is 45.7 Å². The average Bonchev–Trinajstić information content (AvgIpc) is 3.17. The highest BCUT2D eigenvalue weighted by molar-refractivity contribution is 7.17. The third kappa shape index (κ3) is 4.55. The van der Waals surface area contributed by atoms with Crippen molar-refractivity contribution in [1.29, 1.82) is 0 Å². The highest BCUT2D eigenvalue weighted by Crippen LogP contribution is 2.26. The number of halogens is 1. The van der Waals surface area contributed by atoms with Crippen LogP contribution in [0.4, 0.5) is 0 Å². The molecule has 0 saturated heterocycles. The number of aromatic nitrogens is 3. The van der Waals surface area contributed by atoms with Crippen LogP contribution in [0.2, 0.25) is 5.02 Å². The normalized spacial score (nSPS) is 12.4. The molecule has 142 valence electrons. The Morgan fingerprint density at radius 2 is 2.15 bits per heavy atom. The van der Waals surface area contributed by atoms with Gasteiger partial charge in [-0.3, -0.25) is 4.79 Å². The van der Waals surface area contributed by atoms with Crippen LogP contribution in [0.5, 0.6) is 5.75 Å². The van der Waals surface area contributed by atoms with E-state index < -0.39 is 5.97 Å². The standard InChI is InChI=1S/C17H17ClN4O4S/c1-10-14(8-15(23)25-9-19-24-3)27-17-20-16(21-22(10)17)11(2)26-13-6-4-12(18)5-7-13/h4-7,9,11H,8H2,1-3H3. The first kappa shape index (κ1) is 19.1. The molecule has 2 heterocycles. The van der Waals surface area contributed by atoms with Crippen molar-refractivity contribution in [2.75, 3.05) is 7.11 Å². The molecule has 1 aromatic carbocycles. The van der Waals surface area contributed by atoms with Gasteiger partial charge in [0.1, 0.15) is 12.9 Å². The van der Waals surface area contributed by atoms with E-state index >= 15 is 0 Å². The minimum Gasteiger partial charge on any atom is -0.483 e. The van der Waals surface area contributed by atoms with E-state index in [1.165, 1.54) is 18.4 Å². The van der Waals surface area contributed by atoms with Gasteiger partial charge in [0, 0.05) is 9.90 Å². The monoisotopic (exact) mass is 408 g/mol. The Bertz CT molecular complexity index is 967. The van der Waals surface area contributed by atoms with Crippen LogP contribution >= 0.6 is 22.9 Å². The highest BCUT2D eigenvalue weighted by atomic mass is 35.5. The predicted molar refractivity (Wildman–Crippen MR) is 101 cm³/mol. The van der Waals surface area contributed by atoms with Crippen LogP contribution in [0.15, 0.2) is 29.4 Å². The minimum absolute atomic E-state index is 0.101. The van der Waals surface area contributed by atoms with Gasteiger partial charge in [-0.15, -0.1) is 5.10 Å². The summed E-state index contributed by atoms with van der Waals surface area (Å²) in [5, 5.41) is 8.50. The Balaban J connectivity index is 1.71. The first-order valence-electron chi connectivity index (χ1n) is 7.99. The summed E-state index contributed by atoms with van der Waals surface area (Å²) in [7, 11) is 1.36. The number of nitrogens with zero attached hydrogens (tertiary/aromatic N) is 4. The number of thiazole rings is 1. The third-order valence-corrected chi connectivity index (χ3v) is 5.04. The van der Waals surface area contributed by atoms with Crippen molar-refractivity contribution >= 4 is 40.3 Å². The predicted octanol–water partition coefficient (Wildman–Crippen LogP) is 3.57. The fourth-order valence-electron chi connectivity index (χ4n) is 2.30. The number of carbonyl (C=O) groups excluding carboxylic acids is 1. The smallest absolute Gasteiger partial charge is 0.317 e. The number of aryl methyl sites for hydroxylation is 1. The van der Waals surface area contributed by atoms with E-state index in [4.69, 9.17) is 21.1 Å². The van der Waals surface area contributed by atoms with Crippen LogP contribution in [0.25, 0.3) is 4.96 Å². The topological polar surface area (TPSA) is 87.3 Å². The third-order valence-electron chi connectivity index (χ3n) is 3.66. The molecule has 27 heavy (non-hydrogen) atoms.